The van der Waals surface area contributed by atoms with Crippen molar-refractivity contribution in [2.45, 2.75) is 6.42 Å². The van der Waals surface area contributed by atoms with Crippen LogP contribution in [0.15, 0.2) is 29.6 Å². The van der Waals surface area contributed by atoms with Crippen LogP contribution in [0.5, 0.6) is 5.88 Å². The Labute approximate surface area is 96.9 Å². The summed E-state index contributed by atoms with van der Waals surface area (Å²) < 4.78 is 4.89. The Hall–Kier alpha value is -1.75. The van der Waals surface area contributed by atoms with Gasteiger partial charge in [0.1, 0.15) is 0 Å². The molecule has 0 unspecified atom stereocenters. The lowest BCUT2D eigenvalue weighted by molar-refractivity contribution is 0.0995. The molecular formula is C11H10N2O2S. The smallest absolute Gasteiger partial charge is 0.233 e. The van der Waals surface area contributed by atoms with E-state index >= 15 is 0 Å². The second kappa shape index (κ2) is 4.85. The topological polar surface area (TPSA) is 52.1 Å². The summed E-state index contributed by atoms with van der Waals surface area (Å²) in [4.78, 5) is 12.5. The molecule has 16 heavy (non-hydrogen) atoms. The third kappa shape index (κ3) is 2.43. The van der Waals surface area contributed by atoms with E-state index in [1.54, 1.807) is 12.1 Å². The van der Waals surface area contributed by atoms with E-state index in [1.165, 1.54) is 18.4 Å². The van der Waals surface area contributed by atoms with Crippen LogP contribution in [-0.4, -0.2) is 23.1 Å². The van der Waals surface area contributed by atoms with Crippen molar-refractivity contribution in [1.29, 1.82) is 0 Å². The molecule has 0 aliphatic heterocycles. The Bertz CT molecular complexity index is 465. The number of thiophene rings is 1. The van der Waals surface area contributed by atoms with Gasteiger partial charge in [0, 0.05) is 6.07 Å². The Morgan fingerprint density at radius 1 is 1.38 bits per heavy atom. The summed E-state index contributed by atoms with van der Waals surface area (Å²) in [6.45, 7) is 0. The molecule has 5 heteroatoms. The molecule has 0 aliphatic carbocycles. The molecule has 0 spiro atoms. The van der Waals surface area contributed by atoms with Crippen molar-refractivity contribution in [3.05, 3.63) is 40.2 Å². The molecule has 0 saturated carbocycles. The number of ether oxygens (including phenoxy) is 1. The number of Topliss-reactive ketones (excluding diaryl/α,β-unsaturated/α-hetero) is 1. The van der Waals surface area contributed by atoms with E-state index in [-0.39, 0.29) is 12.2 Å². The molecule has 0 saturated heterocycles. The summed E-state index contributed by atoms with van der Waals surface area (Å²) in [6.07, 6.45) is 0.275. The van der Waals surface area contributed by atoms with Gasteiger partial charge in [-0.2, -0.15) is 5.10 Å². The molecule has 0 bridgehead atoms. The lowest BCUT2D eigenvalue weighted by Gasteiger charge is -1.99. The highest BCUT2D eigenvalue weighted by atomic mass is 32.1. The van der Waals surface area contributed by atoms with Crippen LogP contribution in [0.25, 0.3) is 0 Å². The van der Waals surface area contributed by atoms with E-state index in [2.05, 4.69) is 10.2 Å². The number of ketones is 1. The van der Waals surface area contributed by atoms with E-state index in [0.29, 0.717) is 11.6 Å². The lowest BCUT2D eigenvalue weighted by atomic mass is 10.2. The number of carbonyl (C=O) groups excluding carboxylic acids is 1. The van der Waals surface area contributed by atoms with E-state index in [0.717, 1.165) is 4.88 Å². The molecule has 0 fully saturated rings. The zero-order chi connectivity index (χ0) is 11.4. The molecule has 2 rings (SSSR count). The molecule has 0 amide bonds. The number of hydrogen-bond donors (Lipinski definition) is 0. The molecule has 4 nitrogen and oxygen atoms in total. The van der Waals surface area contributed by atoms with Crippen LogP contribution in [0.3, 0.4) is 0 Å². The highest BCUT2D eigenvalue weighted by Gasteiger charge is 2.09. The number of nitrogens with zero attached hydrogens (tertiary/aromatic N) is 2. The normalized spacial score (nSPS) is 10.1. The number of methoxy groups -OCH3 is 1. The van der Waals surface area contributed by atoms with Gasteiger partial charge in [-0.3, -0.25) is 4.79 Å². The van der Waals surface area contributed by atoms with Gasteiger partial charge in [-0.15, -0.1) is 16.4 Å². The van der Waals surface area contributed by atoms with Gasteiger partial charge in [-0.1, -0.05) is 6.07 Å². The highest BCUT2D eigenvalue weighted by molar-refractivity contribution is 7.12. The summed E-state index contributed by atoms with van der Waals surface area (Å²) >= 11 is 1.44. The number of aromatic nitrogens is 2. The highest BCUT2D eigenvalue weighted by Crippen LogP contribution is 2.12. The van der Waals surface area contributed by atoms with E-state index < -0.39 is 0 Å². The maximum absolute atomic E-state index is 11.7. The van der Waals surface area contributed by atoms with Crippen LogP contribution in [0.4, 0.5) is 0 Å². The fourth-order valence-electron chi connectivity index (χ4n) is 1.24. The van der Waals surface area contributed by atoms with Crippen molar-refractivity contribution in [1.82, 2.24) is 10.2 Å². The summed E-state index contributed by atoms with van der Waals surface area (Å²) in [5.74, 6) is 0.516. The van der Waals surface area contributed by atoms with E-state index in [4.69, 9.17) is 4.74 Å². The molecule has 82 valence electrons. The summed E-state index contributed by atoms with van der Waals surface area (Å²) in [5.41, 5.74) is 0.652. The second-order valence-corrected chi connectivity index (χ2v) is 4.09. The summed E-state index contributed by atoms with van der Waals surface area (Å²) in [6, 6.07) is 7.11. The molecule has 2 heterocycles. The van der Waals surface area contributed by atoms with Gasteiger partial charge in [-0.25, -0.2) is 0 Å². The van der Waals surface area contributed by atoms with Crippen molar-refractivity contribution in [2.24, 2.45) is 0 Å². The van der Waals surface area contributed by atoms with Crippen LogP contribution in [0.2, 0.25) is 0 Å². The fraction of sp³-hybridized carbons (Fsp3) is 0.182. The fourth-order valence-corrected chi connectivity index (χ4v) is 1.90. The molecule has 0 radical (unpaired) electrons. The van der Waals surface area contributed by atoms with Gasteiger partial charge in [0.2, 0.25) is 5.88 Å². The average Bonchev–Trinajstić information content (AvgIpc) is 2.83. The zero-order valence-electron chi connectivity index (χ0n) is 8.71. The predicted molar refractivity (Wildman–Crippen MR) is 60.9 cm³/mol. The third-order valence-electron chi connectivity index (χ3n) is 2.04. The second-order valence-electron chi connectivity index (χ2n) is 3.14. The van der Waals surface area contributed by atoms with Gasteiger partial charge < -0.3 is 4.74 Å². The molecule has 0 N–H and O–H groups in total. The first-order valence-corrected chi connectivity index (χ1v) is 5.61. The predicted octanol–water partition coefficient (Wildman–Crippen LogP) is 1.97. The Morgan fingerprint density at radius 3 is 2.81 bits per heavy atom. The van der Waals surface area contributed by atoms with E-state index in [9.17, 15) is 4.79 Å². The largest absolute Gasteiger partial charge is 0.480 e. The van der Waals surface area contributed by atoms with Crippen LogP contribution >= 0.6 is 11.3 Å². The molecule has 0 aliphatic rings. The van der Waals surface area contributed by atoms with Gasteiger partial charge in [0.15, 0.2) is 5.78 Å². The zero-order valence-corrected chi connectivity index (χ0v) is 9.53. The van der Waals surface area contributed by atoms with Crippen molar-refractivity contribution in [3.63, 3.8) is 0 Å². The minimum absolute atomic E-state index is 0.0643. The lowest BCUT2D eigenvalue weighted by Crippen LogP contribution is -2.04. The molecule has 0 aromatic carbocycles. The van der Waals surface area contributed by atoms with Crippen LogP contribution < -0.4 is 4.74 Å². The van der Waals surface area contributed by atoms with Crippen molar-refractivity contribution in [2.75, 3.05) is 7.11 Å². The molecule has 0 atom stereocenters. The SMILES string of the molecule is COc1ccc(CC(=O)c2cccs2)nn1. The van der Waals surface area contributed by atoms with Gasteiger partial charge in [0.05, 0.1) is 24.1 Å². The van der Waals surface area contributed by atoms with Crippen molar-refractivity contribution >= 4 is 17.1 Å². The average molecular weight is 234 g/mol. The standard InChI is InChI=1S/C11H10N2O2S/c1-15-11-5-4-8(12-13-11)7-9(14)10-3-2-6-16-10/h2-6H,7H2,1H3. The number of carbonyl (C=O) groups is 1. The maximum atomic E-state index is 11.7. The van der Waals surface area contributed by atoms with Crippen molar-refractivity contribution in [3.8, 4) is 5.88 Å². The Morgan fingerprint density at radius 2 is 2.25 bits per heavy atom. The minimum Gasteiger partial charge on any atom is -0.480 e. The summed E-state index contributed by atoms with van der Waals surface area (Å²) in [5, 5.41) is 9.60. The third-order valence-corrected chi connectivity index (χ3v) is 2.95. The van der Waals surface area contributed by atoms with Gasteiger partial charge >= 0.3 is 0 Å². The van der Waals surface area contributed by atoms with Crippen LogP contribution in [0.1, 0.15) is 15.4 Å². The number of rotatable bonds is 4. The first-order chi connectivity index (χ1) is 7.79. The van der Waals surface area contributed by atoms with Crippen LogP contribution in [-0.2, 0) is 6.42 Å². The number of hydrogen-bond acceptors (Lipinski definition) is 5. The maximum Gasteiger partial charge on any atom is 0.233 e. The van der Waals surface area contributed by atoms with Crippen molar-refractivity contribution < 1.29 is 9.53 Å². The Balaban J connectivity index is 2.06. The Kier molecular flexibility index (Phi) is 3.26. The minimum atomic E-state index is 0.0643. The monoisotopic (exact) mass is 234 g/mol. The first kappa shape index (κ1) is 10.8. The van der Waals surface area contributed by atoms with Crippen LogP contribution in [0, 0.1) is 0 Å². The quantitative estimate of drug-likeness (QED) is 0.759. The van der Waals surface area contributed by atoms with Gasteiger partial charge in [-0.05, 0) is 17.5 Å². The van der Waals surface area contributed by atoms with Gasteiger partial charge in [0.25, 0.3) is 0 Å². The van der Waals surface area contributed by atoms with E-state index in [1.807, 2.05) is 17.5 Å². The first-order valence-electron chi connectivity index (χ1n) is 4.73. The molecule has 2 aromatic heterocycles. The molecule has 2 aromatic rings. The summed E-state index contributed by atoms with van der Waals surface area (Å²) in [7, 11) is 1.53. The molecular weight excluding hydrogens is 224 g/mol.